The maximum atomic E-state index is 15.2. The van der Waals surface area contributed by atoms with Crippen LogP contribution in [0, 0.1) is 29.5 Å². The van der Waals surface area contributed by atoms with E-state index in [1.54, 1.807) is 49.4 Å². The summed E-state index contributed by atoms with van der Waals surface area (Å²) in [5, 5.41) is 22.2. The SMILES string of the molecule is CCOc1cccc(C2C3=CCC4C(=O)N(CCCCCC(=O)O)C(=O)C4C3CC3C(=O)N(Nc4ccc(F)cc4)C(=O)C32c2ccc(Cl)cc2)c1O. The van der Waals surface area contributed by atoms with Crippen molar-refractivity contribution in [3.63, 3.8) is 0 Å². The zero-order chi connectivity index (χ0) is 37.6. The van der Waals surface area contributed by atoms with Gasteiger partial charge >= 0.3 is 5.97 Å². The van der Waals surface area contributed by atoms with Gasteiger partial charge in [-0.05, 0) is 86.6 Å². The third kappa shape index (κ3) is 6.02. The van der Waals surface area contributed by atoms with Crippen LogP contribution in [-0.4, -0.2) is 62.9 Å². The Morgan fingerprint density at radius 3 is 2.40 bits per heavy atom. The standard InChI is InChI=1S/C40H39ClFN3O8/c1-2-53-31-8-6-7-28(35(31)48)34-26-18-19-27-33(38(51)44(36(27)49)20-5-3-4-9-32(46)47)29(26)21-30-37(50)45(43-25-16-14-24(42)15-17-25)39(52)40(30,34)22-10-12-23(41)13-11-22/h6-8,10-18,27,29-30,33-34,43,48H,2-5,9,19-21H2,1H3,(H,46,47). The number of aliphatic carboxylic acids is 1. The number of allylic oxidation sites excluding steroid dienone is 2. The van der Waals surface area contributed by atoms with Gasteiger partial charge in [-0.3, -0.25) is 34.3 Å². The number of benzene rings is 3. The smallest absolute Gasteiger partial charge is 0.303 e. The van der Waals surface area contributed by atoms with Gasteiger partial charge in [0.25, 0.3) is 11.8 Å². The fourth-order valence-corrected chi connectivity index (χ4v) is 9.18. The number of ether oxygens (including phenoxy) is 1. The molecule has 0 spiro atoms. The van der Waals surface area contributed by atoms with Gasteiger partial charge in [-0.15, -0.1) is 0 Å². The van der Waals surface area contributed by atoms with Gasteiger partial charge in [-0.1, -0.05) is 53.9 Å². The predicted molar refractivity (Wildman–Crippen MR) is 191 cm³/mol. The molecule has 4 aliphatic rings. The highest BCUT2D eigenvalue weighted by molar-refractivity contribution is 6.30. The highest BCUT2D eigenvalue weighted by atomic mass is 35.5. The number of nitrogens with zero attached hydrogens (tertiary/aromatic N) is 2. The number of hydrogen-bond donors (Lipinski definition) is 3. The first-order valence-electron chi connectivity index (χ1n) is 17.9. The summed E-state index contributed by atoms with van der Waals surface area (Å²) in [7, 11) is 0. The van der Waals surface area contributed by atoms with Crippen molar-refractivity contribution >= 4 is 46.9 Å². The highest BCUT2D eigenvalue weighted by Gasteiger charge is 2.70. The Hall–Kier alpha value is -5.23. The number of nitrogens with one attached hydrogen (secondary N) is 1. The Labute approximate surface area is 310 Å². The van der Waals surface area contributed by atoms with Crippen molar-refractivity contribution in [3.05, 3.63) is 100 Å². The van der Waals surface area contributed by atoms with E-state index in [2.05, 4.69) is 5.43 Å². The lowest BCUT2D eigenvalue weighted by molar-refractivity contribution is -0.141. The number of phenols is 1. The van der Waals surface area contributed by atoms with E-state index < -0.39 is 58.6 Å². The summed E-state index contributed by atoms with van der Waals surface area (Å²) in [6.07, 6.45) is 3.56. The molecular weight excluding hydrogens is 705 g/mol. The van der Waals surface area contributed by atoms with Crippen molar-refractivity contribution in [3.8, 4) is 11.5 Å². The Kier molecular flexibility index (Phi) is 9.75. The zero-order valence-electron chi connectivity index (χ0n) is 29.0. The van der Waals surface area contributed by atoms with Crippen LogP contribution < -0.4 is 10.2 Å². The van der Waals surface area contributed by atoms with Crippen LogP contribution in [0.2, 0.25) is 5.02 Å². The maximum Gasteiger partial charge on any atom is 0.303 e. The van der Waals surface area contributed by atoms with E-state index in [0.717, 1.165) is 5.01 Å². The van der Waals surface area contributed by atoms with Crippen molar-refractivity contribution in [1.82, 2.24) is 9.91 Å². The number of carbonyl (C=O) groups excluding carboxylic acids is 4. The summed E-state index contributed by atoms with van der Waals surface area (Å²) < 4.78 is 19.6. The van der Waals surface area contributed by atoms with Crippen LogP contribution in [0.3, 0.4) is 0 Å². The molecule has 0 radical (unpaired) electrons. The quantitative estimate of drug-likeness (QED) is 0.112. The molecule has 6 atom stereocenters. The van der Waals surface area contributed by atoms with Crippen LogP contribution in [0.4, 0.5) is 10.1 Å². The number of anilines is 1. The zero-order valence-corrected chi connectivity index (χ0v) is 29.7. The van der Waals surface area contributed by atoms with Crippen molar-refractivity contribution in [2.24, 2.45) is 23.7 Å². The van der Waals surface area contributed by atoms with Gasteiger partial charge in [0.15, 0.2) is 11.5 Å². The lowest BCUT2D eigenvalue weighted by Gasteiger charge is -2.50. The largest absolute Gasteiger partial charge is 0.504 e. The Balaban J connectivity index is 1.37. The third-order valence-corrected chi connectivity index (χ3v) is 11.5. The third-order valence-electron chi connectivity index (χ3n) is 11.3. The number of hydrogen-bond acceptors (Lipinski definition) is 8. The molecule has 6 unspecified atom stereocenters. The summed E-state index contributed by atoms with van der Waals surface area (Å²) in [6, 6.07) is 16.9. The molecule has 7 rings (SSSR count). The van der Waals surface area contributed by atoms with Gasteiger partial charge in [0, 0.05) is 29.5 Å². The van der Waals surface area contributed by atoms with Crippen LogP contribution in [0.1, 0.15) is 62.5 Å². The summed E-state index contributed by atoms with van der Waals surface area (Å²) in [6.45, 7) is 2.17. The molecule has 3 N–H and O–H groups in total. The number of hydrazine groups is 1. The number of fused-ring (bicyclic) bond motifs is 4. The monoisotopic (exact) mass is 743 g/mol. The van der Waals surface area contributed by atoms with Gasteiger partial charge in [-0.25, -0.2) is 4.39 Å². The first-order valence-corrected chi connectivity index (χ1v) is 18.2. The van der Waals surface area contributed by atoms with Crippen LogP contribution >= 0.6 is 11.6 Å². The summed E-state index contributed by atoms with van der Waals surface area (Å²) in [5.41, 5.74) is 3.01. The number of rotatable bonds is 12. The van der Waals surface area contributed by atoms with Gasteiger partial charge in [0.2, 0.25) is 11.8 Å². The van der Waals surface area contributed by atoms with E-state index in [1.165, 1.54) is 29.2 Å². The Morgan fingerprint density at radius 2 is 1.70 bits per heavy atom. The number of imide groups is 2. The molecule has 276 valence electrons. The normalized spacial score (nSPS) is 26.2. The highest BCUT2D eigenvalue weighted by Crippen LogP contribution is 2.65. The van der Waals surface area contributed by atoms with E-state index in [1.807, 2.05) is 6.08 Å². The molecule has 3 aromatic rings. The van der Waals surface area contributed by atoms with E-state index in [4.69, 9.17) is 21.4 Å². The van der Waals surface area contributed by atoms with E-state index >= 15 is 4.79 Å². The minimum absolute atomic E-state index is 0.00221. The lowest BCUT2D eigenvalue weighted by Crippen LogP contribution is -2.53. The number of aromatic hydroxyl groups is 1. The molecule has 53 heavy (non-hydrogen) atoms. The number of phenolic OH excluding ortho intramolecular Hbond substituents is 1. The summed E-state index contributed by atoms with van der Waals surface area (Å²) in [5.74, 6) is -7.49. The summed E-state index contributed by atoms with van der Waals surface area (Å²) in [4.78, 5) is 70.3. The molecule has 2 aliphatic carbocycles. The molecule has 13 heteroatoms. The Bertz CT molecular complexity index is 2000. The van der Waals surface area contributed by atoms with Crippen molar-refractivity contribution < 1.29 is 43.3 Å². The topological polar surface area (TPSA) is 154 Å². The van der Waals surface area contributed by atoms with Crippen molar-refractivity contribution in [1.29, 1.82) is 0 Å². The van der Waals surface area contributed by atoms with E-state index in [0.29, 0.717) is 46.7 Å². The number of carboxylic acids is 1. The number of carboxylic acid groups (broad SMARTS) is 1. The molecule has 3 fully saturated rings. The number of unbranched alkanes of at least 4 members (excludes halogenated alkanes) is 2. The van der Waals surface area contributed by atoms with Gasteiger partial charge in [-0.2, -0.15) is 5.01 Å². The van der Waals surface area contributed by atoms with Crippen LogP contribution in [0.5, 0.6) is 11.5 Å². The molecule has 0 bridgehead atoms. The second-order valence-corrected chi connectivity index (χ2v) is 14.5. The predicted octanol–water partition coefficient (Wildman–Crippen LogP) is 6.21. The molecule has 2 heterocycles. The number of para-hydroxylation sites is 1. The molecule has 4 amide bonds. The molecule has 1 saturated carbocycles. The fourth-order valence-electron chi connectivity index (χ4n) is 9.05. The first-order chi connectivity index (χ1) is 25.5. The molecule has 11 nitrogen and oxygen atoms in total. The second kappa shape index (κ2) is 14.3. The molecule has 0 aromatic heterocycles. The molecular formula is C40H39ClFN3O8. The number of carbonyl (C=O) groups is 5. The Morgan fingerprint density at radius 1 is 0.962 bits per heavy atom. The van der Waals surface area contributed by atoms with Crippen LogP contribution in [0.25, 0.3) is 0 Å². The fraction of sp³-hybridized carbons (Fsp3) is 0.375. The van der Waals surface area contributed by atoms with Gasteiger partial charge in [0.05, 0.1) is 35.5 Å². The second-order valence-electron chi connectivity index (χ2n) is 14.0. The van der Waals surface area contributed by atoms with Gasteiger partial charge < -0.3 is 14.9 Å². The maximum absolute atomic E-state index is 15.2. The van der Waals surface area contributed by atoms with Crippen LogP contribution in [-0.2, 0) is 29.4 Å². The summed E-state index contributed by atoms with van der Waals surface area (Å²) >= 11 is 6.35. The van der Waals surface area contributed by atoms with Gasteiger partial charge in [0.1, 0.15) is 5.82 Å². The first kappa shape index (κ1) is 36.1. The molecule has 2 saturated heterocycles. The van der Waals surface area contributed by atoms with Crippen molar-refractivity contribution in [2.75, 3.05) is 18.6 Å². The number of halogens is 2. The average Bonchev–Trinajstić information content (AvgIpc) is 3.51. The van der Waals surface area contributed by atoms with E-state index in [9.17, 15) is 28.7 Å². The van der Waals surface area contributed by atoms with Crippen LogP contribution in [0.15, 0.2) is 78.4 Å². The minimum atomic E-state index is -1.65. The molecule has 3 aromatic carbocycles. The number of amides is 4. The van der Waals surface area contributed by atoms with E-state index in [-0.39, 0.29) is 55.7 Å². The lowest BCUT2D eigenvalue weighted by atomic mass is 9.49. The molecule has 2 aliphatic heterocycles. The number of likely N-dealkylation sites (tertiary alicyclic amines) is 1. The van der Waals surface area contributed by atoms with Crippen molar-refractivity contribution in [2.45, 2.75) is 56.8 Å². The minimum Gasteiger partial charge on any atom is -0.504 e. The average molecular weight is 744 g/mol.